The number of nitro benzene ring substituents is 1. The standard InChI is InChI=1S/C20H13N5O2S/c21-10-16-18(14-7-4-8-15(9-14)25(26)27)17(11-22)20(24-19(16)23)28-12-13-5-2-1-3-6-13/h1-9H,12H2,(H2,23,24). The number of hydrogen-bond donors (Lipinski definition) is 1. The van der Waals surface area contributed by atoms with Crippen molar-refractivity contribution in [2.24, 2.45) is 0 Å². The molecule has 3 aromatic rings. The van der Waals surface area contributed by atoms with E-state index >= 15 is 0 Å². The van der Waals surface area contributed by atoms with Gasteiger partial charge in [-0.2, -0.15) is 10.5 Å². The number of hydrogen-bond acceptors (Lipinski definition) is 7. The molecular formula is C20H13N5O2S. The molecule has 1 heterocycles. The molecule has 0 radical (unpaired) electrons. The predicted octanol–water partition coefficient (Wildman–Crippen LogP) is 4.27. The van der Waals surface area contributed by atoms with Crippen LogP contribution in [-0.2, 0) is 5.75 Å². The third-order valence-corrected chi connectivity index (χ3v) is 5.03. The lowest BCUT2D eigenvalue weighted by atomic mass is 9.96. The summed E-state index contributed by atoms with van der Waals surface area (Å²) in [5.74, 6) is 0.543. The lowest BCUT2D eigenvalue weighted by molar-refractivity contribution is -0.384. The number of nitriles is 2. The van der Waals surface area contributed by atoms with Gasteiger partial charge in [-0.15, -0.1) is 11.8 Å². The van der Waals surface area contributed by atoms with Gasteiger partial charge in [-0.1, -0.05) is 42.5 Å². The predicted molar refractivity (Wildman–Crippen MR) is 106 cm³/mol. The fraction of sp³-hybridized carbons (Fsp3) is 0.0500. The highest BCUT2D eigenvalue weighted by atomic mass is 32.2. The molecule has 0 bridgehead atoms. The van der Waals surface area contributed by atoms with Gasteiger partial charge in [0.25, 0.3) is 5.69 Å². The highest BCUT2D eigenvalue weighted by Gasteiger charge is 2.21. The second-order valence-corrected chi connectivity index (χ2v) is 6.70. The quantitative estimate of drug-likeness (QED) is 0.393. The van der Waals surface area contributed by atoms with E-state index in [-0.39, 0.29) is 28.2 Å². The minimum absolute atomic E-state index is 0.0152. The molecule has 7 nitrogen and oxygen atoms in total. The first kappa shape index (κ1) is 18.9. The molecule has 0 unspecified atom stereocenters. The maximum Gasteiger partial charge on any atom is 0.270 e. The molecule has 2 aromatic carbocycles. The van der Waals surface area contributed by atoms with Crippen molar-refractivity contribution in [1.82, 2.24) is 4.98 Å². The number of benzene rings is 2. The minimum atomic E-state index is -0.531. The zero-order valence-electron chi connectivity index (χ0n) is 14.5. The van der Waals surface area contributed by atoms with Crippen molar-refractivity contribution in [1.29, 1.82) is 10.5 Å². The van der Waals surface area contributed by atoms with E-state index in [1.165, 1.54) is 30.0 Å². The Balaban J connectivity index is 2.14. The number of nitro groups is 1. The zero-order valence-corrected chi connectivity index (χ0v) is 15.3. The van der Waals surface area contributed by atoms with Crippen LogP contribution in [0.4, 0.5) is 11.5 Å². The monoisotopic (exact) mass is 387 g/mol. The van der Waals surface area contributed by atoms with E-state index in [2.05, 4.69) is 11.1 Å². The summed E-state index contributed by atoms with van der Waals surface area (Å²) < 4.78 is 0. The van der Waals surface area contributed by atoms with Gasteiger partial charge in [0, 0.05) is 23.4 Å². The van der Waals surface area contributed by atoms with Crippen molar-refractivity contribution >= 4 is 23.3 Å². The zero-order chi connectivity index (χ0) is 20.1. The molecular weight excluding hydrogens is 374 g/mol. The van der Waals surface area contributed by atoms with Gasteiger partial charge in [0.2, 0.25) is 0 Å². The number of pyridine rings is 1. The number of rotatable bonds is 5. The number of aromatic nitrogens is 1. The van der Waals surface area contributed by atoms with E-state index in [0.29, 0.717) is 16.3 Å². The number of non-ortho nitro benzene ring substituents is 1. The van der Waals surface area contributed by atoms with Crippen LogP contribution in [0.2, 0.25) is 0 Å². The Morgan fingerprint density at radius 2 is 1.79 bits per heavy atom. The molecule has 0 amide bonds. The third-order valence-electron chi connectivity index (χ3n) is 3.98. The van der Waals surface area contributed by atoms with E-state index in [1.54, 1.807) is 6.07 Å². The fourth-order valence-corrected chi connectivity index (χ4v) is 3.64. The topological polar surface area (TPSA) is 130 Å². The Morgan fingerprint density at radius 3 is 2.43 bits per heavy atom. The molecule has 0 aliphatic rings. The van der Waals surface area contributed by atoms with Gasteiger partial charge in [-0.25, -0.2) is 4.98 Å². The highest BCUT2D eigenvalue weighted by Crippen LogP contribution is 2.37. The minimum Gasteiger partial charge on any atom is -0.383 e. The van der Waals surface area contributed by atoms with E-state index < -0.39 is 4.92 Å². The Hall–Kier alpha value is -3.88. The maximum absolute atomic E-state index is 11.1. The number of nitrogens with zero attached hydrogens (tertiary/aromatic N) is 4. The van der Waals surface area contributed by atoms with Crippen molar-refractivity contribution < 1.29 is 4.92 Å². The molecule has 0 fully saturated rings. The largest absolute Gasteiger partial charge is 0.383 e. The van der Waals surface area contributed by atoms with E-state index in [0.717, 1.165) is 5.56 Å². The maximum atomic E-state index is 11.1. The van der Waals surface area contributed by atoms with Gasteiger partial charge < -0.3 is 5.73 Å². The lowest BCUT2D eigenvalue weighted by Gasteiger charge is -2.13. The average molecular weight is 387 g/mol. The molecule has 0 saturated heterocycles. The van der Waals surface area contributed by atoms with Gasteiger partial charge in [0.1, 0.15) is 28.5 Å². The highest BCUT2D eigenvalue weighted by molar-refractivity contribution is 7.98. The van der Waals surface area contributed by atoms with Gasteiger partial charge in [-0.05, 0) is 11.1 Å². The van der Waals surface area contributed by atoms with Crippen molar-refractivity contribution in [2.75, 3.05) is 5.73 Å². The van der Waals surface area contributed by atoms with Gasteiger partial charge >= 0.3 is 0 Å². The summed E-state index contributed by atoms with van der Waals surface area (Å²) in [6.07, 6.45) is 0. The van der Waals surface area contributed by atoms with Crippen molar-refractivity contribution in [3.05, 3.63) is 81.4 Å². The molecule has 28 heavy (non-hydrogen) atoms. The summed E-state index contributed by atoms with van der Waals surface area (Å²) in [5, 5.41) is 30.8. The van der Waals surface area contributed by atoms with E-state index in [9.17, 15) is 20.6 Å². The van der Waals surface area contributed by atoms with Gasteiger partial charge in [-0.3, -0.25) is 10.1 Å². The Kier molecular flexibility index (Phi) is 5.54. The summed E-state index contributed by atoms with van der Waals surface area (Å²) in [7, 11) is 0. The normalized spacial score (nSPS) is 10.1. The summed E-state index contributed by atoms with van der Waals surface area (Å²) in [5.41, 5.74) is 7.71. The Morgan fingerprint density at radius 1 is 1.07 bits per heavy atom. The second kappa shape index (κ2) is 8.21. The lowest BCUT2D eigenvalue weighted by Crippen LogP contribution is -2.03. The Labute approximate surface area is 165 Å². The first-order valence-electron chi connectivity index (χ1n) is 8.10. The number of nitrogen functional groups attached to an aromatic ring is 1. The first-order valence-corrected chi connectivity index (χ1v) is 9.09. The van der Waals surface area contributed by atoms with Crippen LogP contribution in [0.15, 0.2) is 59.6 Å². The molecule has 0 aliphatic heterocycles. The number of anilines is 1. The van der Waals surface area contributed by atoms with Crippen molar-refractivity contribution in [3.63, 3.8) is 0 Å². The van der Waals surface area contributed by atoms with Gasteiger partial charge in [0.15, 0.2) is 0 Å². The van der Waals surface area contributed by atoms with Crippen LogP contribution in [-0.4, -0.2) is 9.91 Å². The molecule has 0 spiro atoms. The van der Waals surface area contributed by atoms with Crippen LogP contribution in [0.5, 0.6) is 0 Å². The molecule has 1 aromatic heterocycles. The summed E-state index contributed by atoms with van der Waals surface area (Å²) in [6.45, 7) is 0. The summed E-state index contributed by atoms with van der Waals surface area (Å²) in [4.78, 5) is 14.8. The fourth-order valence-electron chi connectivity index (χ4n) is 2.69. The van der Waals surface area contributed by atoms with Crippen LogP contribution < -0.4 is 5.73 Å². The second-order valence-electron chi connectivity index (χ2n) is 5.73. The number of nitrogens with two attached hydrogens (primary N) is 1. The molecule has 8 heteroatoms. The molecule has 136 valence electrons. The SMILES string of the molecule is N#Cc1c(N)nc(SCc2ccccc2)c(C#N)c1-c1cccc([N+](=O)[O-])c1. The smallest absolute Gasteiger partial charge is 0.270 e. The van der Waals surface area contributed by atoms with Crippen LogP contribution >= 0.6 is 11.8 Å². The molecule has 0 atom stereocenters. The van der Waals surface area contributed by atoms with Crippen LogP contribution in [0.25, 0.3) is 11.1 Å². The van der Waals surface area contributed by atoms with Gasteiger partial charge in [0.05, 0.1) is 10.5 Å². The number of thioether (sulfide) groups is 1. The third kappa shape index (κ3) is 3.78. The van der Waals surface area contributed by atoms with Crippen LogP contribution in [0.1, 0.15) is 16.7 Å². The molecule has 2 N–H and O–H groups in total. The van der Waals surface area contributed by atoms with Crippen LogP contribution in [0.3, 0.4) is 0 Å². The van der Waals surface area contributed by atoms with Crippen molar-refractivity contribution in [2.45, 2.75) is 10.8 Å². The molecule has 0 saturated carbocycles. The van der Waals surface area contributed by atoms with Crippen LogP contribution in [0, 0.1) is 32.8 Å². The molecule has 3 rings (SSSR count). The summed E-state index contributed by atoms with van der Waals surface area (Å²) >= 11 is 1.32. The summed E-state index contributed by atoms with van der Waals surface area (Å²) in [6, 6.07) is 19.5. The van der Waals surface area contributed by atoms with E-state index in [4.69, 9.17) is 5.73 Å². The average Bonchev–Trinajstić information content (AvgIpc) is 2.72. The van der Waals surface area contributed by atoms with E-state index in [1.807, 2.05) is 36.4 Å². The van der Waals surface area contributed by atoms with Crippen molar-refractivity contribution in [3.8, 4) is 23.3 Å². The first-order chi connectivity index (χ1) is 13.5. The molecule has 0 aliphatic carbocycles. The Bertz CT molecular complexity index is 1130.